The van der Waals surface area contributed by atoms with Crippen LogP contribution in [-0.2, 0) is 4.79 Å². The molecule has 1 amide bonds. The monoisotopic (exact) mass is 313 g/mol. The van der Waals surface area contributed by atoms with Crippen molar-refractivity contribution < 1.29 is 4.79 Å². The Kier molecular flexibility index (Phi) is 6.23. The number of anilines is 1. The first-order valence-electron chi connectivity index (χ1n) is 6.39. The number of thiocarbonyl (C=S) groups is 1. The highest BCUT2D eigenvalue weighted by molar-refractivity contribution is 7.80. The number of nitrogens with one attached hydrogen (secondary N) is 1. The fourth-order valence-electron chi connectivity index (χ4n) is 1.75. The Labute approximate surface area is 130 Å². The highest BCUT2D eigenvalue weighted by atomic mass is 35.5. The summed E-state index contributed by atoms with van der Waals surface area (Å²) in [5.74, 6) is 0.373. The number of carbonyl (C=O) groups is 1. The third-order valence-electron chi connectivity index (χ3n) is 2.74. The maximum absolute atomic E-state index is 11.8. The third-order valence-corrected chi connectivity index (χ3v) is 3.26. The van der Waals surface area contributed by atoms with Crippen LogP contribution in [0.25, 0.3) is 0 Å². The number of amides is 1. The summed E-state index contributed by atoms with van der Waals surface area (Å²) in [6.07, 6.45) is 0. The molecule has 0 saturated carbocycles. The normalized spacial score (nSPS) is 10.4. The van der Waals surface area contributed by atoms with Gasteiger partial charge in [-0.25, -0.2) is 0 Å². The summed E-state index contributed by atoms with van der Waals surface area (Å²) in [6, 6.07) is 5.38. The summed E-state index contributed by atoms with van der Waals surface area (Å²) in [5.41, 5.74) is 7.06. The smallest absolute Gasteiger partial charge is 0.239 e. The highest BCUT2D eigenvalue weighted by Gasteiger charge is 2.15. The van der Waals surface area contributed by atoms with Crippen LogP contribution in [0.15, 0.2) is 18.2 Å². The predicted octanol–water partition coefficient (Wildman–Crippen LogP) is 2.18. The van der Waals surface area contributed by atoms with E-state index in [1.54, 1.807) is 11.0 Å². The van der Waals surface area contributed by atoms with Crippen molar-refractivity contribution in [3.63, 3.8) is 0 Å². The van der Waals surface area contributed by atoms with Gasteiger partial charge in [-0.3, -0.25) is 4.79 Å². The van der Waals surface area contributed by atoms with Crippen LogP contribution in [-0.4, -0.2) is 31.0 Å². The van der Waals surface area contributed by atoms with Crippen molar-refractivity contribution in [2.24, 2.45) is 11.7 Å². The number of halogens is 1. The van der Waals surface area contributed by atoms with Crippen LogP contribution < -0.4 is 16.0 Å². The average Bonchev–Trinajstić information content (AvgIpc) is 2.35. The molecule has 6 heteroatoms. The van der Waals surface area contributed by atoms with Crippen LogP contribution in [0.5, 0.6) is 0 Å². The van der Waals surface area contributed by atoms with E-state index in [9.17, 15) is 4.79 Å². The predicted molar refractivity (Wildman–Crippen MR) is 88.5 cm³/mol. The summed E-state index contributed by atoms with van der Waals surface area (Å²) >= 11 is 11.1. The Morgan fingerprint density at radius 1 is 1.50 bits per heavy atom. The fourth-order valence-corrected chi connectivity index (χ4v) is 2.29. The number of likely N-dealkylation sites (N-methyl/N-ethyl adjacent to an activating group) is 1. The Morgan fingerprint density at radius 2 is 2.15 bits per heavy atom. The Bertz CT molecular complexity index is 505. The van der Waals surface area contributed by atoms with Crippen LogP contribution in [0.3, 0.4) is 0 Å². The molecule has 0 aliphatic heterocycles. The second-order valence-electron chi connectivity index (χ2n) is 5.05. The summed E-state index contributed by atoms with van der Waals surface area (Å²) in [7, 11) is 1.81. The molecule has 0 aliphatic carbocycles. The largest absolute Gasteiger partial charge is 0.389 e. The van der Waals surface area contributed by atoms with E-state index in [0.717, 1.165) is 5.69 Å². The topological polar surface area (TPSA) is 58.4 Å². The van der Waals surface area contributed by atoms with E-state index in [-0.39, 0.29) is 17.4 Å². The summed E-state index contributed by atoms with van der Waals surface area (Å²) < 4.78 is 0. The van der Waals surface area contributed by atoms with Gasteiger partial charge in [0.05, 0.1) is 17.1 Å². The lowest BCUT2D eigenvalue weighted by atomic mass is 10.1. The van der Waals surface area contributed by atoms with E-state index in [1.807, 2.05) is 33.0 Å². The molecule has 0 radical (unpaired) electrons. The number of nitrogens with zero attached hydrogens (tertiary/aromatic N) is 1. The van der Waals surface area contributed by atoms with E-state index >= 15 is 0 Å². The van der Waals surface area contributed by atoms with Gasteiger partial charge in [-0.2, -0.15) is 0 Å². The molecule has 4 nitrogen and oxygen atoms in total. The molecule has 1 aromatic carbocycles. The number of nitrogens with two attached hydrogens (primary N) is 1. The number of hydrogen-bond donors (Lipinski definition) is 2. The molecular weight excluding hydrogens is 294 g/mol. The quantitative estimate of drug-likeness (QED) is 0.790. The van der Waals surface area contributed by atoms with Gasteiger partial charge in [-0.1, -0.05) is 43.7 Å². The summed E-state index contributed by atoms with van der Waals surface area (Å²) in [6.45, 7) is 4.98. The first-order valence-corrected chi connectivity index (χ1v) is 7.17. The molecule has 3 N–H and O–H groups in total. The summed E-state index contributed by atoms with van der Waals surface area (Å²) in [4.78, 5) is 13.9. The molecule has 1 aromatic rings. The van der Waals surface area contributed by atoms with Crippen molar-refractivity contribution >= 4 is 40.4 Å². The molecule has 0 unspecified atom stereocenters. The lowest BCUT2D eigenvalue weighted by Crippen LogP contribution is -2.37. The van der Waals surface area contributed by atoms with Crippen molar-refractivity contribution in [2.45, 2.75) is 13.8 Å². The minimum absolute atomic E-state index is 0.0462. The molecule has 1 rings (SSSR count). The van der Waals surface area contributed by atoms with Gasteiger partial charge >= 0.3 is 0 Å². The van der Waals surface area contributed by atoms with Gasteiger partial charge in [0.15, 0.2) is 0 Å². The van der Waals surface area contributed by atoms with E-state index < -0.39 is 0 Å². The van der Waals surface area contributed by atoms with Gasteiger partial charge < -0.3 is 16.0 Å². The SMILES string of the molecule is CC(C)CNC(=O)CN(C)c1cccc(Cl)c1C(N)=S. The van der Waals surface area contributed by atoms with Gasteiger partial charge in [-0.05, 0) is 18.1 Å². The zero-order valence-electron chi connectivity index (χ0n) is 11.9. The van der Waals surface area contributed by atoms with Crippen LogP contribution in [0, 0.1) is 5.92 Å². The average molecular weight is 314 g/mol. The van der Waals surface area contributed by atoms with Gasteiger partial charge in [-0.15, -0.1) is 0 Å². The van der Waals surface area contributed by atoms with Crippen LogP contribution in [0.2, 0.25) is 5.02 Å². The molecule has 0 spiro atoms. The first-order chi connectivity index (χ1) is 9.32. The highest BCUT2D eigenvalue weighted by Crippen LogP contribution is 2.26. The van der Waals surface area contributed by atoms with E-state index in [2.05, 4.69) is 5.32 Å². The van der Waals surface area contributed by atoms with E-state index in [1.165, 1.54) is 0 Å². The van der Waals surface area contributed by atoms with Crippen molar-refractivity contribution in [1.29, 1.82) is 0 Å². The molecule has 0 atom stereocenters. The van der Waals surface area contributed by atoms with Crippen molar-refractivity contribution in [2.75, 3.05) is 25.0 Å². The molecular formula is C14H20ClN3OS. The number of hydrogen-bond acceptors (Lipinski definition) is 3. The molecule has 20 heavy (non-hydrogen) atoms. The summed E-state index contributed by atoms with van der Waals surface area (Å²) in [5, 5.41) is 3.36. The lowest BCUT2D eigenvalue weighted by Gasteiger charge is -2.22. The second-order valence-corrected chi connectivity index (χ2v) is 5.90. The fraction of sp³-hybridized carbons (Fsp3) is 0.429. The molecule has 0 bridgehead atoms. The minimum Gasteiger partial charge on any atom is -0.389 e. The molecule has 0 saturated heterocycles. The van der Waals surface area contributed by atoms with Crippen molar-refractivity contribution in [3.8, 4) is 0 Å². The van der Waals surface area contributed by atoms with Gasteiger partial charge in [0.2, 0.25) is 5.91 Å². The van der Waals surface area contributed by atoms with Gasteiger partial charge in [0, 0.05) is 19.3 Å². The zero-order valence-corrected chi connectivity index (χ0v) is 13.5. The first kappa shape index (κ1) is 16.7. The van der Waals surface area contributed by atoms with Crippen molar-refractivity contribution in [1.82, 2.24) is 5.32 Å². The number of rotatable bonds is 6. The third kappa shape index (κ3) is 4.65. The van der Waals surface area contributed by atoms with Crippen LogP contribution in [0.1, 0.15) is 19.4 Å². The Hall–Kier alpha value is -1.33. The number of carbonyl (C=O) groups excluding carboxylic acids is 1. The molecule has 0 heterocycles. The maximum Gasteiger partial charge on any atom is 0.239 e. The maximum atomic E-state index is 11.8. The van der Waals surface area contributed by atoms with Crippen molar-refractivity contribution in [3.05, 3.63) is 28.8 Å². The Morgan fingerprint density at radius 3 is 2.70 bits per heavy atom. The molecule has 0 fully saturated rings. The minimum atomic E-state index is -0.0462. The molecule has 0 aromatic heterocycles. The van der Waals surface area contributed by atoms with Gasteiger partial charge in [0.1, 0.15) is 4.99 Å². The van der Waals surface area contributed by atoms with Gasteiger partial charge in [0.25, 0.3) is 0 Å². The van der Waals surface area contributed by atoms with E-state index in [4.69, 9.17) is 29.6 Å². The molecule has 110 valence electrons. The number of benzene rings is 1. The van der Waals surface area contributed by atoms with Crippen LogP contribution in [0.4, 0.5) is 5.69 Å². The Balaban J connectivity index is 2.82. The standard InChI is InChI=1S/C14H20ClN3OS/c1-9(2)7-17-12(19)8-18(3)11-6-4-5-10(15)13(11)14(16)20/h4-6,9H,7-8H2,1-3H3,(H2,16,20)(H,17,19). The van der Waals surface area contributed by atoms with E-state index in [0.29, 0.717) is 23.0 Å². The second kappa shape index (κ2) is 7.45. The van der Waals surface area contributed by atoms with Crippen LogP contribution >= 0.6 is 23.8 Å². The zero-order chi connectivity index (χ0) is 15.3. The molecule has 0 aliphatic rings. The lowest BCUT2D eigenvalue weighted by molar-refractivity contribution is -0.119.